The first kappa shape index (κ1) is 24.5. The van der Waals surface area contributed by atoms with Gasteiger partial charge in [0.25, 0.3) is 5.91 Å². The van der Waals surface area contributed by atoms with Crippen LogP contribution in [0.3, 0.4) is 0 Å². The number of carboxylic acid groups (broad SMARTS) is 1. The summed E-state index contributed by atoms with van der Waals surface area (Å²) in [5, 5.41) is 12.2. The largest absolute Gasteiger partial charge is 0.477 e. The van der Waals surface area contributed by atoms with Crippen molar-refractivity contribution in [2.24, 2.45) is 5.92 Å². The Morgan fingerprint density at radius 2 is 2.05 bits per heavy atom. The van der Waals surface area contributed by atoms with E-state index in [1.165, 1.54) is 39.8 Å². The van der Waals surface area contributed by atoms with E-state index in [1.807, 2.05) is 29.2 Å². The second-order valence-corrected chi connectivity index (χ2v) is 12.8. The number of thiazole rings is 1. The number of rotatable bonds is 8. The standard InChI is InChI=1S/C25H24N4O5S3/c30-18(12-36-25-26-16-3-1-2-4-17(16)37-25)27-19-22(32)29-20(24(33)34)15(11-35-23(19)29)9-14-7-8-28(21(14)31)10-13-5-6-13/h1-4,9,13,19,23H,5-8,10-12H2,(H,27,30)(H,33,34)/t19-,23-/m1/s1. The lowest BCUT2D eigenvalue weighted by Crippen LogP contribution is -2.70. The lowest BCUT2D eigenvalue weighted by atomic mass is 10.0. The zero-order valence-corrected chi connectivity index (χ0v) is 22.2. The smallest absolute Gasteiger partial charge is 0.352 e. The highest BCUT2D eigenvalue weighted by Crippen LogP contribution is 2.41. The average molecular weight is 557 g/mol. The maximum Gasteiger partial charge on any atom is 0.352 e. The zero-order chi connectivity index (χ0) is 25.7. The van der Waals surface area contributed by atoms with Crippen LogP contribution in [0.4, 0.5) is 0 Å². The minimum absolute atomic E-state index is 0.0398. The molecule has 9 nitrogen and oxygen atoms in total. The summed E-state index contributed by atoms with van der Waals surface area (Å²) in [6.07, 6.45) is 4.56. The summed E-state index contributed by atoms with van der Waals surface area (Å²) < 4.78 is 1.82. The quantitative estimate of drug-likeness (QED) is 0.289. The minimum atomic E-state index is -1.21. The maximum absolute atomic E-state index is 13.0. The average Bonchev–Trinajstić information content (AvgIpc) is 3.51. The number of thioether (sulfide) groups is 2. The van der Waals surface area contributed by atoms with Crippen LogP contribution in [-0.4, -0.2) is 79.6 Å². The Labute approximate surface area is 225 Å². The van der Waals surface area contributed by atoms with Gasteiger partial charge in [0.2, 0.25) is 11.8 Å². The number of benzene rings is 1. The molecule has 3 amide bonds. The highest BCUT2D eigenvalue weighted by molar-refractivity contribution is 8.01. The maximum atomic E-state index is 13.0. The van der Waals surface area contributed by atoms with Gasteiger partial charge in [-0.05, 0) is 49.0 Å². The fraction of sp³-hybridized carbons (Fsp3) is 0.400. The Balaban J connectivity index is 1.11. The molecule has 2 atom stereocenters. The second kappa shape index (κ2) is 9.80. The van der Waals surface area contributed by atoms with E-state index in [-0.39, 0.29) is 23.3 Å². The van der Waals surface area contributed by atoms with Crippen LogP contribution < -0.4 is 5.32 Å². The number of aromatic nitrogens is 1. The van der Waals surface area contributed by atoms with Crippen molar-refractivity contribution >= 4 is 68.8 Å². The number of nitrogens with one attached hydrogen (secondary N) is 1. The number of likely N-dealkylation sites (tertiary alicyclic amines) is 1. The van der Waals surface area contributed by atoms with Gasteiger partial charge in [-0.15, -0.1) is 23.1 Å². The van der Waals surface area contributed by atoms with E-state index in [9.17, 15) is 24.3 Å². The molecule has 2 saturated heterocycles. The molecule has 1 aromatic heterocycles. The molecule has 0 radical (unpaired) electrons. The van der Waals surface area contributed by atoms with Crippen LogP contribution in [0.15, 0.2) is 51.5 Å². The molecule has 0 bridgehead atoms. The molecular formula is C25H24N4O5S3. The third-order valence-corrected chi connectivity index (χ3v) is 10.3. The van der Waals surface area contributed by atoms with E-state index < -0.39 is 23.3 Å². The minimum Gasteiger partial charge on any atom is -0.477 e. The molecule has 0 unspecified atom stereocenters. The van der Waals surface area contributed by atoms with Gasteiger partial charge in [-0.1, -0.05) is 23.9 Å². The van der Waals surface area contributed by atoms with E-state index in [4.69, 9.17) is 0 Å². The van der Waals surface area contributed by atoms with Gasteiger partial charge in [0.15, 0.2) is 4.34 Å². The van der Waals surface area contributed by atoms with Crippen molar-refractivity contribution < 1.29 is 24.3 Å². The molecule has 3 aliphatic heterocycles. The SMILES string of the molecule is O=C(CSc1nc2ccccc2s1)N[C@@H]1C(=O)N2C(C(=O)O)=C(C=C3CCN(CC4CC4)C3=O)CS[C@H]12. The number of aliphatic carboxylic acids is 1. The third-order valence-electron chi connectivity index (χ3n) is 6.85. The number of nitrogens with zero attached hydrogens (tertiary/aromatic N) is 3. The lowest BCUT2D eigenvalue weighted by molar-refractivity contribution is -0.150. The molecule has 6 rings (SSSR count). The second-order valence-electron chi connectivity index (χ2n) is 9.48. The number of hydrogen-bond acceptors (Lipinski definition) is 8. The van der Waals surface area contributed by atoms with Gasteiger partial charge in [-0.3, -0.25) is 19.3 Å². The number of allylic oxidation sites excluding steroid dienone is 1. The van der Waals surface area contributed by atoms with Crippen molar-refractivity contribution in [3.05, 3.63) is 47.2 Å². The molecule has 12 heteroatoms. The first-order valence-corrected chi connectivity index (χ1v) is 14.9. The Bertz CT molecular complexity index is 1350. The van der Waals surface area contributed by atoms with E-state index in [1.54, 1.807) is 6.08 Å². The van der Waals surface area contributed by atoms with Crippen molar-refractivity contribution in [2.75, 3.05) is 24.6 Å². The number of carboxylic acids is 1. The summed E-state index contributed by atoms with van der Waals surface area (Å²) in [4.78, 5) is 58.1. The number of fused-ring (bicyclic) bond motifs is 2. The molecule has 1 aromatic carbocycles. The predicted octanol–water partition coefficient (Wildman–Crippen LogP) is 2.70. The number of carbonyl (C=O) groups excluding carboxylic acids is 3. The molecule has 192 valence electrons. The summed E-state index contributed by atoms with van der Waals surface area (Å²) in [7, 11) is 0. The van der Waals surface area contributed by atoms with Gasteiger partial charge >= 0.3 is 5.97 Å². The zero-order valence-electron chi connectivity index (χ0n) is 19.7. The third kappa shape index (κ3) is 4.77. The number of para-hydroxylation sites is 1. The number of amides is 3. The van der Waals surface area contributed by atoms with Crippen molar-refractivity contribution in [1.82, 2.24) is 20.1 Å². The van der Waals surface area contributed by atoms with E-state index in [0.717, 1.165) is 33.9 Å². The fourth-order valence-electron chi connectivity index (χ4n) is 4.81. The van der Waals surface area contributed by atoms with Crippen molar-refractivity contribution in [3.63, 3.8) is 0 Å². The summed E-state index contributed by atoms with van der Waals surface area (Å²) in [5.41, 5.74) is 1.85. The Morgan fingerprint density at radius 3 is 2.81 bits per heavy atom. The first-order valence-electron chi connectivity index (χ1n) is 12.1. The fourth-order valence-corrected chi connectivity index (χ4v) is 7.99. The molecule has 4 aliphatic rings. The van der Waals surface area contributed by atoms with E-state index >= 15 is 0 Å². The van der Waals surface area contributed by atoms with Gasteiger partial charge in [0, 0.05) is 24.4 Å². The number of β-lactam (4-membered cyclic amide) rings is 1. The summed E-state index contributed by atoms with van der Waals surface area (Å²) >= 11 is 4.22. The van der Waals surface area contributed by atoms with Crippen molar-refractivity contribution in [1.29, 1.82) is 0 Å². The molecule has 37 heavy (non-hydrogen) atoms. The molecule has 1 saturated carbocycles. The van der Waals surface area contributed by atoms with Gasteiger partial charge < -0.3 is 15.3 Å². The van der Waals surface area contributed by atoms with Gasteiger partial charge in [-0.25, -0.2) is 9.78 Å². The molecule has 0 spiro atoms. The molecule has 3 fully saturated rings. The lowest BCUT2D eigenvalue weighted by Gasteiger charge is -2.49. The first-order chi connectivity index (χ1) is 17.9. The molecule has 4 heterocycles. The molecule has 2 N–H and O–H groups in total. The number of carbonyl (C=O) groups is 4. The van der Waals surface area contributed by atoms with Crippen LogP contribution in [0.2, 0.25) is 0 Å². The van der Waals surface area contributed by atoms with Crippen molar-refractivity contribution in [3.8, 4) is 0 Å². The molecule has 2 aromatic rings. The van der Waals surface area contributed by atoms with Gasteiger partial charge in [-0.2, -0.15) is 0 Å². The van der Waals surface area contributed by atoms with E-state index in [0.29, 0.717) is 35.8 Å². The summed E-state index contributed by atoms with van der Waals surface area (Å²) in [6.45, 7) is 1.42. The van der Waals surface area contributed by atoms with Crippen LogP contribution in [0.1, 0.15) is 19.3 Å². The topological polar surface area (TPSA) is 120 Å². The predicted molar refractivity (Wildman–Crippen MR) is 142 cm³/mol. The number of hydrogen-bond donors (Lipinski definition) is 2. The Morgan fingerprint density at radius 1 is 1.24 bits per heavy atom. The van der Waals surface area contributed by atoms with Crippen LogP contribution in [0, 0.1) is 5.92 Å². The van der Waals surface area contributed by atoms with Crippen LogP contribution in [0.25, 0.3) is 10.2 Å². The van der Waals surface area contributed by atoms with E-state index in [2.05, 4.69) is 10.3 Å². The highest BCUT2D eigenvalue weighted by atomic mass is 32.2. The summed E-state index contributed by atoms with van der Waals surface area (Å²) in [6, 6.07) is 6.97. The summed E-state index contributed by atoms with van der Waals surface area (Å²) in [5.74, 6) is -0.944. The highest BCUT2D eigenvalue weighted by Gasteiger charge is 2.54. The van der Waals surface area contributed by atoms with Crippen molar-refractivity contribution in [2.45, 2.75) is 35.0 Å². The van der Waals surface area contributed by atoms with Gasteiger partial charge in [0.1, 0.15) is 17.1 Å². The molecule has 1 aliphatic carbocycles. The monoisotopic (exact) mass is 556 g/mol. The van der Waals surface area contributed by atoms with Crippen LogP contribution >= 0.6 is 34.9 Å². The van der Waals surface area contributed by atoms with Gasteiger partial charge in [0.05, 0.1) is 16.0 Å². The van der Waals surface area contributed by atoms with Crippen LogP contribution in [0.5, 0.6) is 0 Å². The molecular weight excluding hydrogens is 532 g/mol. The Kier molecular flexibility index (Phi) is 6.49. The van der Waals surface area contributed by atoms with Crippen LogP contribution in [-0.2, 0) is 19.2 Å². The Hall–Kier alpha value is -2.83. The normalized spacial score (nSPS) is 24.6.